The number of aryl methyl sites for hydroxylation is 1. The Hall–Kier alpha value is -1.98. The summed E-state index contributed by atoms with van der Waals surface area (Å²) in [5.74, 6) is -0.0437. The minimum absolute atomic E-state index is 0.113. The van der Waals surface area contributed by atoms with Gasteiger partial charge < -0.3 is 5.32 Å². The van der Waals surface area contributed by atoms with Crippen LogP contribution in [0.3, 0.4) is 0 Å². The van der Waals surface area contributed by atoms with Crippen LogP contribution in [0.4, 0.5) is 5.00 Å². The monoisotopic (exact) mass is 356 g/mol. The first kappa shape index (κ1) is 17.8. The summed E-state index contributed by atoms with van der Waals surface area (Å²) in [5.41, 5.74) is 3.60. The molecule has 0 spiro atoms. The van der Waals surface area contributed by atoms with Crippen molar-refractivity contribution in [3.8, 4) is 0 Å². The number of hydrogen-bond acceptors (Lipinski definition) is 4. The van der Waals surface area contributed by atoms with E-state index in [9.17, 15) is 9.59 Å². The summed E-state index contributed by atoms with van der Waals surface area (Å²) in [6.45, 7) is 8.85. The van der Waals surface area contributed by atoms with Gasteiger partial charge in [0.2, 0.25) is 0 Å². The van der Waals surface area contributed by atoms with Gasteiger partial charge in [0, 0.05) is 30.0 Å². The standard InChI is InChI=1S/C20H24N2O2S/c1-4-16(23)18-15-10-11-22(5-2)12-17(15)25-20(18)21-19(24)14-8-6-13(3)7-9-14/h6-9H,4-5,10-12H2,1-3H3,(H,21,24). The van der Waals surface area contributed by atoms with Gasteiger partial charge in [-0.15, -0.1) is 11.3 Å². The van der Waals surface area contributed by atoms with E-state index in [0.717, 1.165) is 42.7 Å². The first-order valence-corrected chi connectivity index (χ1v) is 9.63. The fourth-order valence-electron chi connectivity index (χ4n) is 3.17. The maximum atomic E-state index is 12.6. The lowest BCUT2D eigenvalue weighted by Gasteiger charge is -2.25. The van der Waals surface area contributed by atoms with Crippen LogP contribution in [0.15, 0.2) is 24.3 Å². The van der Waals surface area contributed by atoms with E-state index < -0.39 is 0 Å². The van der Waals surface area contributed by atoms with E-state index >= 15 is 0 Å². The molecule has 0 saturated carbocycles. The average Bonchev–Trinajstić information content (AvgIpc) is 2.98. The molecule has 5 heteroatoms. The molecule has 0 bridgehead atoms. The van der Waals surface area contributed by atoms with E-state index in [1.807, 2.05) is 38.1 Å². The second kappa shape index (κ2) is 7.50. The van der Waals surface area contributed by atoms with Crippen LogP contribution in [0.2, 0.25) is 0 Å². The highest BCUT2D eigenvalue weighted by atomic mass is 32.1. The smallest absolute Gasteiger partial charge is 0.256 e. The van der Waals surface area contributed by atoms with E-state index in [1.54, 1.807) is 11.3 Å². The third-order valence-electron chi connectivity index (χ3n) is 4.72. The Balaban J connectivity index is 1.92. The zero-order valence-electron chi connectivity index (χ0n) is 15.0. The van der Waals surface area contributed by atoms with Gasteiger partial charge in [-0.25, -0.2) is 0 Å². The van der Waals surface area contributed by atoms with E-state index in [0.29, 0.717) is 17.0 Å². The maximum Gasteiger partial charge on any atom is 0.256 e. The topological polar surface area (TPSA) is 49.4 Å². The number of ketones is 1. The lowest BCUT2D eigenvalue weighted by atomic mass is 9.99. The molecule has 0 saturated heterocycles. The first-order valence-electron chi connectivity index (χ1n) is 8.81. The number of fused-ring (bicyclic) bond motifs is 1. The summed E-state index contributed by atoms with van der Waals surface area (Å²) in [7, 11) is 0. The van der Waals surface area contributed by atoms with Crippen molar-refractivity contribution in [2.24, 2.45) is 0 Å². The van der Waals surface area contributed by atoms with E-state index in [2.05, 4.69) is 17.1 Å². The van der Waals surface area contributed by atoms with Crippen LogP contribution < -0.4 is 5.32 Å². The van der Waals surface area contributed by atoms with Crippen molar-refractivity contribution in [3.05, 3.63) is 51.4 Å². The minimum Gasteiger partial charge on any atom is -0.313 e. The molecule has 3 rings (SSSR count). The number of anilines is 1. The van der Waals surface area contributed by atoms with Gasteiger partial charge in [-0.2, -0.15) is 0 Å². The molecular formula is C20H24N2O2S. The van der Waals surface area contributed by atoms with Crippen LogP contribution in [-0.4, -0.2) is 29.7 Å². The zero-order valence-corrected chi connectivity index (χ0v) is 15.8. The molecule has 4 nitrogen and oxygen atoms in total. The van der Waals surface area contributed by atoms with Crippen molar-refractivity contribution >= 4 is 28.0 Å². The van der Waals surface area contributed by atoms with Crippen LogP contribution in [-0.2, 0) is 13.0 Å². The number of amides is 1. The molecule has 1 N–H and O–H groups in total. The number of Topliss-reactive ketones (excluding diaryl/α,β-unsaturated/α-hetero) is 1. The van der Waals surface area contributed by atoms with Crippen molar-refractivity contribution in [2.75, 3.05) is 18.4 Å². The molecule has 1 amide bonds. The van der Waals surface area contributed by atoms with Gasteiger partial charge in [0.05, 0.1) is 5.56 Å². The van der Waals surface area contributed by atoms with Gasteiger partial charge >= 0.3 is 0 Å². The van der Waals surface area contributed by atoms with Crippen LogP contribution in [0.1, 0.15) is 57.0 Å². The number of nitrogens with one attached hydrogen (secondary N) is 1. The maximum absolute atomic E-state index is 12.6. The van der Waals surface area contributed by atoms with Gasteiger partial charge in [-0.3, -0.25) is 14.5 Å². The van der Waals surface area contributed by atoms with Crippen LogP contribution >= 0.6 is 11.3 Å². The number of rotatable bonds is 5. The van der Waals surface area contributed by atoms with E-state index in [1.165, 1.54) is 4.88 Å². The summed E-state index contributed by atoms with van der Waals surface area (Å²) < 4.78 is 0. The van der Waals surface area contributed by atoms with Crippen LogP contribution in [0, 0.1) is 6.92 Å². The molecule has 0 radical (unpaired) electrons. The van der Waals surface area contributed by atoms with Crippen molar-refractivity contribution in [1.82, 2.24) is 4.90 Å². The van der Waals surface area contributed by atoms with Gasteiger partial charge in [-0.1, -0.05) is 31.5 Å². The highest BCUT2D eigenvalue weighted by molar-refractivity contribution is 7.17. The highest BCUT2D eigenvalue weighted by Gasteiger charge is 2.27. The van der Waals surface area contributed by atoms with Crippen LogP contribution in [0.5, 0.6) is 0 Å². The summed E-state index contributed by atoms with van der Waals surface area (Å²) in [5, 5.41) is 3.70. The molecule has 132 valence electrons. The van der Waals surface area contributed by atoms with Crippen molar-refractivity contribution in [2.45, 2.75) is 40.2 Å². The van der Waals surface area contributed by atoms with Crippen molar-refractivity contribution in [1.29, 1.82) is 0 Å². The number of likely N-dealkylation sites (N-methyl/N-ethyl adjacent to an activating group) is 1. The van der Waals surface area contributed by atoms with Gasteiger partial charge in [0.1, 0.15) is 5.00 Å². The fourth-order valence-corrected chi connectivity index (χ4v) is 4.47. The Labute approximate surface area is 152 Å². The molecule has 25 heavy (non-hydrogen) atoms. The molecule has 0 fully saturated rings. The number of carbonyl (C=O) groups is 2. The number of nitrogens with zero attached hydrogens (tertiary/aromatic N) is 1. The molecule has 0 aliphatic carbocycles. The second-order valence-corrected chi connectivity index (χ2v) is 7.53. The quantitative estimate of drug-likeness (QED) is 0.814. The first-order chi connectivity index (χ1) is 12.0. The molecule has 2 aromatic rings. The van der Waals surface area contributed by atoms with Gasteiger partial charge in [-0.05, 0) is 37.6 Å². The largest absolute Gasteiger partial charge is 0.313 e. The molecule has 1 aliphatic heterocycles. The molecular weight excluding hydrogens is 332 g/mol. The van der Waals surface area contributed by atoms with E-state index in [4.69, 9.17) is 0 Å². The summed E-state index contributed by atoms with van der Waals surface area (Å²) in [4.78, 5) is 28.7. The molecule has 0 atom stereocenters. The predicted molar refractivity (Wildman–Crippen MR) is 103 cm³/mol. The number of carbonyl (C=O) groups excluding carboxylic acids is 2. The highest BCUT2D eigenvalue weighted by Crippen LogP contribution is 2.38. The number of hydrogen-bond donors (Lipinski definition) is 1. The summed E-state index contributed by atoms with van der Waals surface area (Å²) in [6.07, 6.45) is 1.33. The Morgan fingerprint density at radius 2 is 1.92 bits per heavy atom. The third kappa shape index (κ3) is 3.67. The van der Waals surface area contributed by atoms with E-state index in [-0.39, 0.29) is 11.7 Å². The Kier molecular flexibility index (Phi) is 5.35. The Morgan fingerprint density at radius 1 is 1.20 bits per heavy atom. The van der Waals surface area contributed by atoms with Gasteiger partial charge in [0.25, 0.3) is 5.91 Å². The summed E-state index contributed by atoms with van der Waals surface area (Å²) >= 11 is 1.56. The molecule has 1 aromatic heterocycles. The van der Waals surface area contributed by atoms with Gasteiger partial charge in [0.15, 0.2) is 5.78 Å². The lowest BCUT2D eigenvalue weighted by Crippen LogP contribution is -2.29. The SMILES string of the molecule is CCC(=O)c1c(NC(=O)c2ccc(C)cc2)sc2c1CCN(CC)C2. The predicted octanol–water partition coefficient (Wildman–Crippen LogP) is 4.28. The average molecular weight is 356 g/mol. The zero-order chi connectivity index (χ0) is 18.0. The fraction of sp³-hybridized carbons (Fsp3) is 0.400. The molecule has 1 aromatic carbocycles. The second-order valence-electron chi connectivity index (χ2n) is 6.42. The lowest BCUT2D eigenvalue weighted by molar-refractivity contribution is 0.0987. The van der Waals surface area contributed by atoms with Crippen molar-refractivity contribution < 1.29 is 9.59 Å². The number of benzene rings is 1. The third-order valence-corrected chi connectivity index (χ3v) is 5.86. The Bertz CT molecular complexity index is 793. The summed E-state index contributed by atoms with van der Waals surface area (Å²) in [6, 6.07) is 7.48. The normalized spacial score (nSPS) is 14.2. The molecule has 1 aliphatic rings. The number of thiophene rings is 1. The van der Waals surface area contributed by atoms with Crippen LogP contribution in [0.25, 0.3) is 0 Å². The molecule has 0 unspecified atom stereocenters. The minimum atomic E-state index is -0.156. The Morgan fingerprint density at radius 3 is 2.56 bits per heavy atom. The van der Waals surface area contributed by atoms with Crippen molar-refractivity contribution in [3.63, 3.8) is 0 Å². The molecule has 2 heterocycles.